The molecule has 4 N–H and O–H groups in total. The molecule has 10 heteroatoms. The number of hydrazine groups is 1. The highest BCUT2D eigenvalue weighted by atomic mass is 79.9. The van der Waals surface area contributed by atoms with E-state index in [2.05, 4.69) is 32.1 Å². The summed E-state index contributed by atoms with van der Waals surface area (Å²) in [5, 5.41) is 11.8. The number of benzene rings is 2. The summed E-state index contributed by atoms with van der Waals surface area (Å²) >= 11 is 3.29. The molecule has 2 rings (SSSR count). The van der Waals surface area contributed by atoms with Crippen LogP contribution >= 0.6 is 15.9 Å². The Balaban J connectivity index is 1.72. The van der Waals surface area contributed by atoms with E-state index in [9.17, 15) is 14.4 Å². The van der Waals surface area contributed by atoms with E-state index in [1.807, 2.05) is 0 Å². The van der Waals surface area contributed by atoms with Crippen LogP contribution in [0.1, 0.15) is 10.4 Å². The SMILES string of the molecule is O=C(COC(=O)c1ccccc1NCCO)NNC(=O)COc1ccc(Br)cc1. The lowest BCUT2D eigenvalue weighted by molar-refractivity contribution is -0.131. The summed E-state index contributed by atoms with van der Waals surface area (Å²) < 4.78 is 11.1. The van der Waals surface area contributed by atoms with Gasteiger partial charge >= 0.3 is 5.97 Å². The molecular weight excluding hydrogens is 446 g/mol. The van der Waals surface area contributed by atoms with E-state index < -0.39 is 24.4 Å². The van der Waals surface area contributed by atoms with Gasteiger partial charge < -0.3 is 19.9 Å². The number of aliphatic hydroxyl groups excluding tert-OH is 1. The van der Waals surface area contributed by atoms with Crippen LogP contribution in [-0.4, -0.2) is 49.3 Å². The van der Waals surface area contributed by atoms with Gasteiger partial charge in [-0.1, -0.05) is 28.1 Å². The highest BCUT2D eigenvalue weighted by molar-refractivity contribution is 9.10. The van der Waals surface area contributed by atoms with Crippen LogP contribution in [0.4, 0.5) is 5.69 Å². The smallest absolute Gasteiger partial charge is 0.340 e. The fraction of sp³-hybridized carbons (Fsp3) is 0.211. The molecule has 0 aliphatic heterocycles. The lowest BCUT2D eigenvalue weighted by atomic mass is 10.2. The normalized spacial score (nSPS) is 10.0. The number of aliphatic hydroxyl groups is 1. The van der Waals surface area contributed by atoms with E-state index in [-0.39, 0.29) is 25.3 Å². The summed E-state index contributed by atoms with van der Waals surface area (Å²) in [6.07, 6.45) is 0. The van der Waals surface area contributed by atoms with Gasteiger partial charge in [0.2, 0.25) is 0 Å². The molecule has 0 radical (unpaired) electrons. The van der Waals surface area contributed by atoms with Crippen molar-refractivity contribution in [3.8, 4) is 5.75 Å². The molecule has 0 heterocycles. The Morgan fingerprint density at radius 2 is 1.59 bits per heavy atom. The standard InChI is InChI=1S/C19H20BrN3O6/c20-13-5-7-14(8-6-13)28-11-17(25)22-23-18(26)12-29-19(27)15-3-1-2-4-16(15)21-9-10-24/h1-8,21,24H,9-12H2,(H,22,25)(H,23,26). The third-order valence-corrected chi connectivity index (χ3v) is 3.96. The second kappa shape index (κ2) is 11.7. The summed E-state index contributed by atoms with van der Waals surface area (Å²) in [4.78, 5) is 35.6. The molecule has 0 fully saturated rings. The number of amides is 2. The highest BCUT2D eigenvalue weighted by Crippen LogP contribution is 2.16. The minimum absolute atomic E-state index is 0.100. The molecule has 0 unspecified atom stereocenters. The number of anilines is 1. The van der Waals surface area contributed by atoms with Crippen LogP contribution in [0.2, 0.25) is 0 Å². The van der Waals surface area contributed by atoms with Crippen LogP contribution in [0.5, 0.6) is 5.75 Å². The molecule has 0 bridgehead atoms. The van der Waals surface area contributed by atoms with E-state index in [1.165, 1.54) is 6.07 Å². The Bertz CT molecular complexity index is 844. The van der Waals surface area contributed by atoms with E-state index >= 15 is 0 Å². The van der Waals surface area contributed by atoms with Crippen LogP contribution in [0, 0.1) is 0 Å². The van der Waals surface area contributed by atoms with Crippen molar-refractivity contribution in [2.45, 2.75) is 0 Å². The first-order valence-corrected chi connectivity index (χ1v) is 9.36. The summed E-state index contributed by atoms with van der Waals surface area (Å²) in [5.41, 5.74) is 4.99. The Hall–Kier alpha value is -3.11. The third-order valence-electron chi connectivity index (χ3n) is 3.43. The molecule has 0 aliphatic carbocycles. The monoisotopic (exact) mass is 465 g/mol. The molecule has 9 nitrogen and oxygen atoms in total. The summed E-state index contributed by atoms with van der Waals surface area (Å²) in [6.45, 7) is -0.719. The predicted octanol–water partition coefficient (Wildman–Crippen LogP) is 1.24. The van der Waals surface area contributed by atoms with Crippen molar-refractivity contribution in [2.24, 2.45) is 0 Å². The lowest BCUT2D eigenvalue weighted by Gasteiger charge is -2.11. The van der Waals surface area contributed by atoms with Crippen molar-refractivity contribution < 1.29 is 29.0 Å². The van der Waals surface area contributed by atoms with Crippen molar-refractivity contribution in [1.82, 2.24) is 10.9 Å². The summed E-state index contributed by atoms with van der Waals surface area (Å²) in [5.74, 6) is -1.51. The Morgan fingerprint density at radius 3 is 2.28 bits per heavy atom. The number of para-hydroxylation sites is 1. The highest BCUT2D eigenvalue weighted by Gasteiger charge is 2.14. The maximum absolute atomic E-state index is 12.1. The number of ether oxygens (including phenoxy) is 2. The van der Waals surface area contributed by atoms with Gasteiger partial charge in [-0.2, -0.15) is 0 Å². The predicted molar refractivity (Wildman–Crippen MR) is 108 cm³/mol. The van der Waals surface area contributed by atoms with Crippen molar-refractivity contribution in [3.63, 3.8) is 0 Å². The molecule has 0 spiro atoms. The third kappa shape index (κ3) is 7.80. The number of carbonyl (C=O) groups is 3. The number of halogens is 1. The van der Waals surface area contributed by atoms with E-state index in [0.717, 1.165) is 4.47 Å². The van der Waals surface area contributed by atoms with Gasteiger partial charge in [0.05, 0.1) is 12.2 Å². The van der Waals surface area contributed by atoms with Crippen LogP contribution in [0.15, 0.2) is 53.0 Å². The van der Waals surface area contributed by atoms with E-state index in [0.29, 0.717) is 11.4 Å². The minimum Gasteiger partial charge on any atom is -0.484 e. The molecule has 0 aliphatic rings. The number of hydrogen-bond donors (Lipinski definition) is 4. The quantitative estimate of drug-likeness (QED) is 0.324. The van der Waals surface area contributed by atoms with Gasteiger partial charge in [-0.05, 0) is 36.4 Å². The molecule has 2 amide bonds. The number of hydrogen-bond acceptors (Lipinski definition) is 7. The maximum Gasteiger partial charge on any atom is 0.340 e. The number of esters is 1. The zero-order valence-corrected chi connectivity index (χ0v) is 16.9. The van der Waals surface area contributed by atoms with Gasteiger partial charge in [-0.3, -0.25) is 20.4 Å². The van der Waals surface area contributed by atoms with Gasteiger partial charge in [0.25, 0.3) is 11.8 Å². The molecule has 154 valence electrons. The first kappa shape index (κ1) is 22.2. The largest absolute Gasteiger partial charge is 0.484 e. The zero-order valence-electron chi connectivity index (χ0n) is 15.3. The van der Waals surface area contributed by atoms with Crippen LogP contribution in [-0.2, 0) is 14.3 Å². The number of carbonyl (C=O) groups excluding carboxylic acids is 3. The van der Waals surface area contributed by atoms with E-state index in [1.54, 1.807) is 42.5 Å². The van der Waals surface area contributed by atoms with Gasteiger partial charge in [-0.15, -0.1) is 0 Å². The Morgan fingerprint density at radius 1 is 0.931 bits per heavy atom. The average Bonchev–Trinajstić information content (AvgIpc) is 2.74. The summed E-state index contributed by atoms with van der Waals surface area (Å²) in [7, 11) is 0. The molecule has 2 aromatic carbocycles. The fourth-order valence-electron chi connectivity index (χ4n) is 2.11. The van der Waals surface area contributed by atoms with Gasteiger partial charge in [-0.25, -0.2) is 4.79 Å². The van der Waals surface area contributed by atoms with Gasteiger partial charge in [0.15, 0.2) is 13.2 Å². The number of nitrogens with one attached hydrogen (secondary N) is 3. The number of rotatable bonds is 9. The molecular formula is C19H20BrN3O6. The first-order valence-electron chi connectivity index (χ1n) is 8.56. The van der Waals surface area contributed by atoms with Crippen molar-refractivity contribution >= 4 is 39.4 Å². The second-order valence-electron chi connectivity index (χ2n) is 5.61. The second-order valence-corrected chi connectivity index (χ2v) is 6.53. The maximum atomic E-state index is 12.1. The van der Waals surface area contributed by atoms with Crippen LogP contribution in [0.3, 0.4) is 0 Å². The van der Waals surface area contributed by atoms with Gasteiger partial charge in [0, 0.05) is 16.7 Å². The Kier molecular flexibility index (Phi) is 8.93. The van der Waals surface area contributed by atoms with Crippen LogP contribution < -0.4 is 20.9 Å². The molecule has 29 heavy (non-hydrogen) atoms. The topological polar surface area (TPSA) is 126 Å². The molecule has 0 aromatic heterocycles. The van der Waals surface area contributed by atoms with Gasteiger partial charge in [0.1, 0.15) is 5.75 Å². The van der Waals surface area contributed by atoms with Crippen molar-refractivity contribution in [2.75, 3.05) is 31.7 Å². The molecule has 2 aromatic rings. The lowest BCUT2D eigenvalue weighted by Crippen LogP contribution is -2.45. The molecule has 0 atom stereocenters. The molecule has 0 saturated carbocycles. The fourth-order valence-corrected chi connectivity index (χ4v) is 2.37. The zero-order chi connectivity index (χ0) is 21.1. The first-order chi connectivity index (χ1) is 14.0. The average molecular weight is 466 g/mol. The van der Waals surface area contributed by atoms with E-state index in [4.69, 9.17) is 14.6 Å². The minimum atomic E-state index is -0.717. The molecule has 0 saturated heterocycles. The summed E-state index contributed by atoms with van der Waals surface area (Å²) in [6, 6.07) is 13.4. The van der Waals surface area contributed by atoms with Crippen molar-refractivity contribution in [3.05, 3.63) is 58.6 Å². The van der Waals surface area contributed by atoms with Crippen molar-refractivity contribution in [1.29, 1.82) is 0 Å². The van der Waals surface area contributed by atoms with Crippen LogP contribution in [0.25, 0.3) is 0 Å². The Labute approximate surface area is 175 Å².